The second kappa shape index (κ2) is 10.4. The third-order valence-corrected chi connectivity index (χ3v) is 7.82. The molecule has 0 aliphatic carbocycles. The Morgan fingerprint density at radius 3 is 2.44 bits per heavy atom. The van der Waals surface area contributed by atoms with Crippen LogP contribution in [0.3, 0.4) is 0 Å². The molecule has 1 aromatic heterocycles. The van der Waals surface area contributed by atoms with Gasteiger partial charge in [0.15, 0.2) is 6.29 Å². The Morgan fingerprint density at radius 1 is 1.12 bits per heavy atom. The topological polar surface area (TPSA) is 236 Å². The van der Waals surface area contributed by atoms with E-state index >= 15 is 0 Å². The molecule has 194 valence electrons. The molecule has 1 aromatic rings. The van der Waals surface area contributed by atoms with Crippen LogP contribution in [-0.4, -0.2) is 78.1 Å². The van der Waals surface area contributed by atoms with E-state index in [0.717, 1.165) is 4.57 Å². The number of hydrogen-bond acceptors (Lipinski definition) is 12. The van der Waals surface area contributed by atoms with Gasteiger partial charge in [-0.15, -0.1) is 0 Å². The number of nitrogens with zero attached hydrogens (tertiary/aromatic N) is 1. The minimum atomic E-state index is -5.25. The summed E-state index contributed by atoms with van der Waals surface area (Å²) >= 11 is 0. The summed E-state index contributed by atoms with van der Waals surface area (Å²) in [6.45, 7) is 2.05. The maximum atomic E-state index is 12.1. The quantitative estimate of drug-likeness (QED) is 0.211. The van der Waals surface area contributed by atoms with E-state index in [2.05, 4.69) is 18.3 Å². The number of phosphoric ester groups is 2. The molecular weight excluding hydrogens is 506 g/mol. The smallest absolute Gasteiger partial charge is 0.390 e. The number of hydrogen-bond donors (Lipinski definition) is 6. The average Bonchev–Trinajstić information content (AvgIpc) is 3.06. The third-order valence-electron chi connectivity index (χ3n) is 5.19. The van der Waals surface area contributed by atoms with E-state index in [1.54, 1.807) is 0 Å². The lowest BCUT2D eigenvalue weighted by Crippen LogP contribution is -2.47. The molecule has 0 amide bonds. The van der Waals surface area contributed by atoms with Crippen molar-refractivity contribution < 1.29 is 57.1 Å². The molecule has 3 heterocycles. The summed E-state index contributed by atoms with van der Waals surface area (Å²) in [7, 11) is -10.5. The fourth-order valence-corrected chi connectivity index (χ4v) is 5.57. The van der Waals surface area contributed by atoms with Crippen molar-refractivity contribution in [2.24, 2.45) is 0 Å². The van der Waals surface area contributed by atoms with Crippen molar-refractivity contribution in [2.75, 3.05) is 6.61 Å². The molecule has 2 saturated heterocycles. The highest BCUT2D eigenvalue weighted by Gasteiger charge is 2.43. The Labute approximate surface area is 191 Å². The fraction of sp³-hybridized carbons (Fsp3) is 0.750. The van der Waals surface area contributed by atoms with Crippen LogP contribution in [0.15, 0.2) is 15.8 Å². The van der Waals surface area contributed by atoms with Crippen LogP contribution in [0.1, 0.15) is 31.6 Å². The molecule has 2 aliphatic heterocycles. The SMILES string of the molecule is Cc1cn([C@H]2C[C@H](O)[C@@H](COP(=O)(O)OP(=O)(O)O[C@@H]3C[C@H](O)[C@H](O)[C@H](C)O3)O2)c(=O)[nH]c1=O. The molecule has 16 nitrogen and oxygen atoms in total. The summed E-state index contributed by atoms with van der Waals surface area (Å²) in [5.74, 6) is 0. The molecular formula is C16H26N2O14P2. The largest absolute Gasteiger partial charge is 0.483 e. The molecule has 2 unspecified atom stereocenters. The predicted octanol–water partition coefficient (Wildman–Crippen LogP) is -1.40. The van der Waals surface area contributed by atoms with Gasteiger partial charge in [-0.05, 0) is 13.8 Å². The van der Waals surface area contributed by atoms with E-state index in [4.69, 9.17) is 9.47 Å². The van der Waals surface area contributed by atoms with E-state index in [1.165, 1.54) is 20.0 Å². The Hall–Kier alpha value is -1.26. The lowest BCUT2D eigenvalue weighted by Gasteiger charge is -2.35. The summed E-state index contributed by atoms with van der Waals surface area (Å²) in [6, 6.07) is 0. The van der Waals surface area contributed by atoms with Crippen LogP contribution < -0.4 is 11.2 Å². The number of H-pyrrole nitrogens is 1. The number of nitrogens with one attached hydrogen (secondary N) is 1. The average molecular weight is 532 g/mol. The lowest BCUT2D eigenvalue weighted by molar-refractivity contribution is -0.220. The zero-order valence-corrected chi connectivity index (χ0v) is 19.8. The highest BCUT2D eigenvalue weighted by atomic mass is 31.3. The Kier molecular flexibility index (Phi) is 8.35. The van der Waals surface area contributed by atoms with Gasteiger partial charge in [0.1, 0.15) is 18.4 Å². The molecule has 9 atom stereocenters. The van der Waals surface area contributed by atoms with Crippen LogP contribution in [0.2, 0.25) is 0 Å². The summed E-state index contributed by atoms with van der Waals surface area (Å²) in [4.78, 5) is 45.1. The molecule has 3 rings (SSSR count). The number of aromatic amines is 1. The second-order valence-electron chi connectivity index (χ2n) is 7.90. The Morgan fingerprint density at radius 2 is 1.79 bits per heavy atom. The zero-order chi connectivity index (χ0) is 25.4. The highest BCUT2D eigenvalue weighted by molar-refractivity contribution is 7.61. The van der Waals surface area contributed by atoms with Crippen molar-refractivity contribution in [3.63, 3.8) is 0 Å². The number of aryl methyl sites for hydroxylation is 1. The van der Waals surface area contributed by atoms with Crippen LogP contribution in [0.25, 0.3) is 0 Å². The van der Waals surface area contributed by atoms with Gasteiger partial charge in [-0.25, -0.2) is 13.9 Å². The molecule has 0 spiro atoms. The molecule has 0 saturated carbocycles. The molecule has 34 heavy (non-hydrogen) atoms. The van der Waals surface area contributed by atoms with Crippen LogP contribution in [0.5, 0.6) is 0 Å². The molecule has 18 heteroatoms. The van der Waals surface area contributed by atoms with Crippen molar-refractivity contribution in [1.29, 1.82) is 0 Å². The van der Waals surface area contributed by atoms with E-state index in [-0.39, 0.29) is 12.0 Å². The van der Waals surface area contributed by atoms with Crippen molar-refractivity contribution in [3.05, 3.63) is 32.6 Å². The molecule has 0 radical (unpaired) electrons. The van der Waals surface area contributed by atoms with Gasteiger partial charge in [0.05, 0.1) is 24.9 Å². The van der Waals surface area contributed by atoms with E-state index in [9.17, 15) is 43.8 Å². The third kappa shape index (κ3) is 6.69. The first kappa shape index (κ1) is 27.3. The van der Waals surface area contributed by atoms with Crippen molar-refractivity contribution in [2.45, 2.75) is 69.7 Å². The van der Waals surface area contributed by atoms with Gasteiger partial charge >= 0.3 is 21.3 Å². The van der Waals surface area contributed by atoms with Gasteiger partial charge < -0.3 is 34.6 Å². The molecule has 0 bridgehead atoms. The highest BCUT2D eigenvalue weighted by Crippen LogP contribution is 2.61. The Bertz CT molecular complexity index is 1080. The maximum absolute atomic E-state index is 12.1. The maximum Gasteiger partial charge on any atom is 0.483 e. The lowest BCUT2D eigenvalue weighted by atomic mass is 10.0. The monoisotopic (exact) mass is 532 g/mol. The minimum Gasteiger partial charge on any atom is -0.390 e. The van der Waals surface area contributed by atoms with Crippen LogP contribution in [0, 0.1) is 6.92 Å². The van der Waals surface area contributed by atoms with Gasteiger partial charge in [0.2, 0.25) is 0 Å². The van der Waals surface area contributed by atoms with Crippen molar-refractivity contribution in [1.82, 2.24) is 9.55 Å². The van der Waals surface area contributed by atoms with Crippen molar-refractivity contribution >= 4 is 15.6 Å². The van der Waals surface area contributed by atoms with Crippen molar-refractivity contribution in [3.8, 4) is 0 Å². The number of aliphatic hydroxyl groups is 3. The minimum absolute atomic E-state index is 0.122. The van der Waals surface area contributed by atoms with Gasteiger partial charge in [0, 0.05) is 24.6 Å². The first-order valence-electron chi connectivity index (χ1n) is 10.0. The fourth-order valence-electron chi connectivity index (χ4n) is 3.42. The van der Waals surface area contributed by atoms with Crippen LogP contribution in [0.4, 0.5) is 0 Å². The number of phosphoric acid groups is 2. The number of aromatic nitrogens is 2. The first-order chi connectivity index (χ1) is 15.7. The first-order valence-corrected chi connectivity index (χ1v) is 13.0. The van der Waals surface area contributed by atoms with Crippen LogP contribution >= 0.6 is 15.6 Å². The Balaban J connectivity index is 1.56. The second-order valence-corrected chi connectivity index (χ2v) is 10.9. The van der Waals surface area contributed by atoms with Crippen LogP contribution in [-0.2, 0) is 32.0 Å². The standard InChI is InChI=1S/C16H26N2O14P2/c1-7-5-18(16(23)17-15(7)22)12-3-9(19)11(30-12)6-28-33(24,25)32-34(26,27)31-13-4-10(20)14(21)8(2)29-13/h5,8-14,19-21H,3-4,6H2,1-2H3,(H,24,25)(H,26,27)(H,17,22,23)/t8-,9-,10-,11+,12+,13+,14+/m0/s1. The van der Waals surface area contributed by atoms with E-state index in [1.807, 2.05) is 0 Å². The molecule has 2 fully saturated rings. The van der Waals surface area contributed by atoms with Gasteiger partial charge in [0.25, 0.3) is 5.56 Å². The van der Waals surface area contributed by atoms with Gasteiger partial charge in [-0.1, -0.05) is 0 Å². The number of ether oxygens (including phenoxy) is 2. The normalized spacial score (nSPS) is 35.6. The predicted molar refractivity (Wildman–Crippen MR) is 109 cm³/mol. The number of rotatable bonds is 8. The van der Waals surface area contributed by atoms with Gasteiger partial charge in [-0.3, -0.25) is 23.4 Å². The molecule has 2 aliphatic rings. The number of aliphatic hydroxyl groups excluding tert-OH is 3. The summed E-state index contributed by atoms with van der Waals surface area (Å²) in [5.41, 5.74) is -1.17. The van der Waals surface area contributed by atoms with E-state index < -0.39 is 83.0 Å². The molecule has 6 N–H and O–H groups in total. The summed E-state index contributed by atoms with van der Waals surface area (Å²) in [6.07, 6.45) is -7.90. The van der Waals surface area contributed by atoms with Gasteiger partial charge in [-0.2, -0.15) is 4.31 Å². The zero-order valence-electron chi connectivity index (χ0n) is 18.0. The van der Waals surface area contributed by atoms with E-state index in [0.29, 0.717) is 0 Å². The molecule has 0 aromatic carbocycles. The summed E-state index contributed by atoms with van der Waals surface area (Å²) < 4.78 is 49.3. The summed E-state index contributed by atoms with van der Waals surface area (Å²) in [5, 5.41) is 29.5.